The van der Waals surface area contributed by atoms with E-state index in [4.69, 9.17) is 14.2 Å². The standard InChI is InChI=1S/C18H28N2O5/c1-6-7-9-20(13(2)21)10-8-19-18(22)14-11-15(23-3)17(25-5)16(12-14)24-4/h11-12H,6-10H2,1-5H3,(H,19,22). The highest BCUT2D eigenvalue weighted by molar-refractivity contribution is 5.95. The van der Waals surface area contributed by atoms with Crippen molar-refractivity contribution in [3.8, 4) is 17.2 Å². The Morgan fingerprint density at radius 1 is 1.04 bits per heavy atom. The van der Waals surface area contributed by atoms with E-state index in [0.29, 0.717) is 42.4 Å². The van der Waals surface area contributed by atoms with Crippen LogP contribution >= 0.6 is 0 Å². The second-order valence-electron chi connectivity index (χ2n) is 5.53. The first-order valence-electron chi connectivity index (χ1n) is 8.32. The average Bonchev–Trinajstić information content (AvgIpc) is 2.62. The molecule has 25 heavy (non-hydrogen) atoms. The molecule has 0 spiro atoms. The van der Waals surface area contributed by atoms with Crippen LogP contribution in [0.3, 0.4) is 0 Å². The third-order valence-electron chi connectivity index (χ3n) is 3.82. The molecule has 140 valence electrons. The highest BCUT2D eigenvalue weighted by Crippen LogP contribution is 2.38. The Morgan fingerprint density at radius 3 is 2.08 bits per heavy atom. The van der Waals surface area contributed by atoms with Gasteiger partial charge in [0.15, 0.2) is 11.5 Å². The maximum Gasteiger partial charge on any atom is 0.251 e. The molecular weight excluding hydrogens is 324 g/mol. The maximum absolute atomic E-state index is 12.4. The molecule has 0 saturated carbocycles. The van der Waals surface area contributed by atoms with Crippen LogP contribution < -0.4 is 19.5 Å². The van der Waals surface area contributed by atoms with Crippen molar-refractivity contribution in [1.29, 1.82) is 0 Å². The van der Waals surface area contributed by atoms with Crippen LogP contribution in [-0.2, 0) is 4.79 Å². The number of carbonyl (C=O) groups excluding carboxylic acids is 2. The largest absolute Gasteiger partial charge is 0.493 e. The van der Waals surface area contributed by atoms with Gasteiger partial charge in [-0.1, -0.05) is 13.3 Å². The van der Waals surface area contributed by atoms with Gasteiger partial charge in [-0.3, -0.25) is 9.59 Å². The van der Waals surface area contributed by atoms with E-state index in [1.54, 1.807) is 17.0 Å². The molecule has 1 aromatic carbocycles. The van der Waals surface area contributed by atoms with Crippen molar-refractivity contribution in [2.24, 2.45) is 0 Å². The molecule has 0 aromatic heterocycles. The van der Waals surface area contributed by atoms with E-state index in [-0.39, 0.29) is 11.8 Å². The molecule has 7 nitrogen and oxygen atoms in total. The summed E-state index contributed by atoms with van der Waals surface area (Å²) >= 11 is 0. The van der Waals surface area contributed by atoms with Gasteiger partial charge in [-0.05, 0) is 18.6 Å². The smallest absolute Gasteiger partial charge is 0.251 e. The molecule has 0 atom stereocenters. The minimum absolute atomic E-state index is 0.00971. The fourth-order valence-corrected chi connectivity index (χ4v) is 2.39. The van der Waals surface area contributed by atoms with Crippen LogP contribution in [0.5, 0.6) is 17.2 Å². The summed E-state index contributed by atoms with van der Waals surface area (Å²) in [6.45, 7) is 5.16. The number of carbonyl (C=O) groups is 2. The normalized spacial score (nSPS) is 10.1. The molecule has 0 fully saturated rings. The molecule has 0 saturated heterocycles. The van der Waals surface area contributed by atoms with E-state index in [0.717, 1.165) is 12.8 Å². The summed E-state index contributed by atoms with van der Waals surface area (Å²) in [6.07, 6.45) is 1.96. The van der Waals surface area contributed by atoms with E-state index in [9.17, 15) is 9.59 Å². The number of nitrogens with one attached hydrogen (secondary N) is 1. The summed E-state index contributed by atoms with van der Waals surface area (Å²) in [6, 6.07) is 3.19. The van der Waals surface area contributed by atoms with E-state index in [1.807, 2.05) is 0 Å². The van der Waals surface area contributed by atoms with Crippen LogP contribution in [0, 0.1) is 0 Å². The van der Waals surface area contributed by atoms with Crippen LogP contribution in [0.2, 0.25) is 0 Å². The van der Waals surface area contributed by atoms with Gasteiger partial charge in [0, 0.05) is 32.1 Å². The van der Waals surface area contributed by atoms with Crippen LogP contribution in [0.1, 0.15) is 37.0 Å². The second kappa shape index (κ2) is 10.4. The first-order valence-corrected chi connectivity index (χ1v) is 8.32. The van der Waals surface area contributed by atoms with Crippen molar-refractivity contribution in [3.63, 3.8) is 0 Å². The van der Waals surface area contributed by atoms with Gasteiger partial charge in [0.25, 0.3) is 5.91 Å². The first kappa shape index (κ1) is 20.6. The lowest BCUT2D eigenvalue weighted by molar-refractivity contribution is -0.128. The highest BCUT2D eigenvalue weighted by Gasteiger charge is 2.17. The summed E-state index contributed by atoms with van der Waals surface area (Å²) in [5.74, 6) is 1.01. The lowest BCUT2D eigenvalue weighted by Gasteiger charge is -2.21. The molecule has 2 amide bonds. The Bertz CT molecular complexity index is 564. The van der Waals surface area contributed by atoms with Crippen molar-refractivity contribution >= 4 is 11.8 Å². The third kappa shape index (κ3) is 5.85. The Morgan fingerprint density at radius 2 is 1.64 bits per heavy atom. The number of ether oxygens (including phenoxy) is 3. The van der Waals surface area contributed by atoms with Crippen molar-refractivity contribution in [2.75, 3.05) is 41.0 Å². The molecule has 0 unspecified atom stereocenters. The Balaban J connectivity index is 2.75. The van der Waals surface area contributed by atoms with E-state index in [2.05, 4.69) is 12.2 Å². The van der Waals surface area contributed by atoms with E-state index >= 15 is 0 Å². The summed E-state index contributed by atoms with van der Waals surface area (Å²) in [5, 5.41) is 2.82. The average molecular weight is 352 g/mol. The number of nitrogens with zero attached hydrogens (tertiary/aromatic N) is 1. The molecule has 0 bridgehead atoms. The number of benzene rings is 1. The van der Waals surface area contributed by atoms with Gasteiger partial charge in [0.2, 0.25) is 11.7 Å². The molecule has 0 aliphatic heterocycles. The lowest BCUT2D eigenvalue weighted by Crippen LogP contribution is -2.38. The highest BCUT2D eigenvalue weighted by atomic mass is 16.5. The molecule has 1 rings (SSSR count). The van der Waals surface area contributed by atoms with Crippen molar-refractivity contribution in [3.05, 3.63) is 17.7 Å². The summed E-state index contributed by atoms with van der Waals surface area (Å²) in [4.78, 5) is 25.7. The van der Waals surface area contributed by atoms with Gasteiger partial charge in [-0.15, -0.1) is 0 Å². The molecule has 0 aliphatic rings. The molecular formula is C18H28N2O5. The first-order chi connectivity index (χ1) is 12.0. The topological polar surface area (TPSA) is 77.1 Å². The molecule has 0 heterocycles. The molecule has 1 N–H and O–H groups in total. The second-order valence-corrected chi connectivity index (χ2v) is 5.53. The van der Waals surface area contributed by atoms with Crippen molar-refractivity contribution in [1.82, 2.24) is 10.2 Å². The zero-order valence-corrected chi connectivity index (χ0v) is 15.7. The fraction of sp³-hybridized carbons (Fsp3) is 0.556. The third-order valence-corrected chi connectivity index (χ3v) is 3.82. The van der Waals surface area contributed by atoms with Crippen molar-refractivity contribution in [2.45, 2.75) is 26.7 Å². The Hall–Kier alpha value is -2.44. The van der Waals surface area contributed by atoms with Crippen LogP contribution in [0.15, 0.2) is 12.1 Å². The zero-order valence-electron chi connectivity index (χ0n) is 15.7. The number of hydrogen-bond donors (Lipinski definition) is 1. The molecule has 0 radical (unpaired) electrons. The predicted octanol–water partition coefficient (Wildman–Crippen LogP) is 2.09. The molecule has 0 aliphatic carbocycles. The fourth-order valence-electron chi connectivity index (χ4n) is 2.39. The quantitative estimate of drug-likeness (QED) is 0.698. The number of unbranched alkanes of at least 4 members (excludes halogenated alkanes) is 1. The van der Waals surface area contributed by atoms with Gasteiger partial charge in [0.05, 0.1) is 21.3 Å². The number of amides is 2. The zero-order chi connectivity index (χ0) is 18.8. The molecule has 1 aromatic rings. The van der Waals surface area contributed by atoms with Crippen LogP contribution in [0.4, 0.5) is 0 Å². The van der Waals surface area contributed by atoms with E-state index in [1.165, 1.54) is 28.3 Å². The van der Waals surface area contributed by atoms with Crippen molar-refractivity contribution < 1.29 is 23.8 Å². The van der Waals surface area contributed by atoms with Crippen LogP contribution in [0.25, 0.3) is 0 Å². The van der Waals surface area contributed by atoms with Gasteiger partial charge in [-0.25, -0.2) is 0 Å². The van der Waals surface area contributed by atoms with Gasteiger partial charge in [0.1, 0.15) is 0 Å². The summed E-state index contributed by atoms with van der Waals surface area (Å²) < 4.78 is 15.7. The maximum atomic E-state index is 12.4. The van der Waals surface area contributed by atoms with Gasteiger partial charge < -0.3 is 24.4 Å². The monoisotopic (exact) mass is 352 g/mol. The predicted molar refractivity (Wildman–Crippen MR) is 95.6 cm³/mol. The Labute approximate surface area is 149 Å². The lowest BCUT2D eigenvalue weighted by atomic mass is 10.1. The summed E-state index contributed by atoms with van der Waals surface area (Å²) in [7, 11) is 4.50. The minimum Gasteiger partial charge on any atom is -0.493 e. The Kier molecular flexibility index (Phi) is 8.60. The number of rotatable bonds is 10. The van der Waals surface area contributed by atoms with Crippen LogP contribution in [-0.4, -0.2) is 57.7 Å². The minimum atomic E-state index is -0.266. The van der Waals surface area contributed by atoms with Gasteiger partial charge in [-0.2, -0.15) is 0 Å². The summed E-state index contributed by atoms with van der Waals surface area (Å²) in [5.41, 5.74) is 0.400. The number of methoxy groups -OCH3 is 3. The SMILES string of the molecule is CCCCN(CCNC(=O)c1cc(OC)c(OC)c(OC)c1)C(C)=O. The van der Waals surface area contributed by atoms with E-state index < -0.39 is 0 Å². The van der Waals surface area contributed by atoms with Gasteiger partial charge >= 0.3 is 0 Å². The molecule has 7 heteroatoms. The number of hydrogen-bond acceptors (Lipinski definition) is 5.